The largest absolute Gasteiger partial charge is 0.422 e. The minimum atomic E-state index is -1.60. The van der Waals surface area contributed by atoms with Gasteiger partial charge in [0.25, 0.3) is 0 Å². The Morgan fingerprint density at radius 1 is 0.583 bits per heavy atom. The Kier molecular flexibility index (Phi) is 15.1. The lowest BCUT2D eigenvalue weighted by Crippen LogP contribution is -2.38. The molecule has 0 spiro atoms. The summed E-state index contributed by atoms with van der Waals surface area (Å²) in [5.41, 5.74) is -0.181. The molecule has 0 aromatic heterocycles. The van der Waals surface area contributed by atoms with E-state index in [-0.39, 0.29) is 5.60 Å². The molecule has 0 saturated carbocycles. The van der Waals surface area contributed by atoms with Crippen LogP contribution in [-0.2, 0) is 31.0 Å². The maximum atomic E-state index is 6.13. The van der Waals surface area contributed by atoms with Crippen LogP contribution in [0.5, 0.6) is 0 Å². The van der Waals surface area contributed by atoms with E-state index in [1.54, 1.807) is 42.7 Å². The Balaban J connectivity index is 4.90. The fraction of sp³-hybridized carbons (Fsp3) is 1.00. The molecule has 0 radical (unpaired) electrons. The molecule has 0 bridgehead atoms. The van der Waals surface area contributed by atoms with Gasteiger partial charge in [-0.25, -0.2) is 0 Å². The molecule has 0 aliphatic carbocycles. The molecule has 146 valence electrons. The lowest BCUT2D eigenvalue weighted by molar-refractivity contribution is 0.0591. The second-order valence-corrected chi connectivity index (χ2v) is 13.3. The molecule has 0 amide bonds. The van der Waals surface area contributed by atoms with Crippen molar-refractivity contribution in [3.8, 4) is 0 Å². The summed E-state index contributed by atoms with van der Waals surface area (Å²) in [4.78, 5) is 0. The third kappa shape index (κ3) is 9.33. The molecule has 0 rings (SSSR count). The van der Waals surface area contributed by atoms with Crippen LogP contribution in [0.25, 0.3) is 0 Å². The maximum Gasteiger partial charge on any atom is 0.320 e. The van der Waals surface area contributed by atoms with Gasteiger partial charge in [-0.1, -0.05) is 0 Å². The van der Waals surface area contributed by atoms with Gasteiger partial charge in [-0.3, -0.25) is 0 Å². The molecule has 0 aliphatic heterocycles. The topological polar surface area (TPSA) is 64.6 Å². The third-order valence-electron chi connectivity index (χ3n) is 4.52. The molecule has 0 saturated heterocycles. The molecular formula is C13H36O7Si4. The molecule has 0 aliphatic rings. The number of hydrogen-bond acceptors (Lipinski definition) is 7. The van der Waals surface area contributed by atoms with E-state index in [0.717, 1.165) is 37.4 Å². The Morgan fingerprint density at radius 3 is 1.00 bits per heavy atom. The van der Waals surface area contributed by atoms with Crippen molar-refractivity contribution in [3.05, 3.63) is 0 Å². The summed E-state index contributed by atoms with van der Waals surface area (Å²) in [7, 11) is 6.22. The first-order valence-electron chi connectivity index (χ1n) is 8.26. The van der Waals surface area contributed by atoms with Crippen LogP contribution < -0.4 is 0 Å². The van der Waals surface area contributed by atoms with Gasteiger partial charge < -0.3 is 31.0 Å². The van der Waals surface area contributed by atoms with E-state index in [2.05, 4.69) is 0 Å². The average molecular weight is 417 g/mol. The van der Waals surface area contributed by atoms with Crippen LogP contribution in [0.4, 0.5) is 0 Å². The van der Waals surface area contributed by atoms with Crippen LogP contribution in [0.3, 0.4) is 0 Å². The monoisotopic (exact) mass is 416 g/mol. The normalized spacial score (nSPS) is 12.9. The van der Waals surface area contributed by atoms with Crippen LogP contribution in [0, 0.1) is 0 Å². The smallest absolute Gasteiger partial charge is 0.320 e. The predicted molar refractivity (Wildman–Crippen MR) is 106 cm³/mol. The van der Waals surface area contributed by atoms with Gasteiger partial charge in [0.1, 0.15) is 10.5 Å². The highest BCUT2D eigenvalue weighted by molar-refractivity contribution is 6.45. The van der Waals surface area contributed by atoms with Crippen molar-refractivity contribution in [3.63, 3.8) is 0 Å². The third-order valence-corrected chi connectivity index (χ3v) is 10.8. The summed E-state index contributed by atoms with van der Waals surface area (Å²) in [5, 5.41) is 0. The van der Waals surface area contributed by atoms with Gasteiger partial charge in [-0.2, -0.15) is 0 Å². The van der Waals surface area contributed by atoms with E-state index >= 15 is 0 Å². The Hall–Kier alpha value is 0.588. The summed E-state index contributed by atoms with van der Waals surface area (Å²) in [6.45, 7) is 0. The second-order valence-electron chi connectivity index (χ2n) is 5.71. The van der Waals surface area contributed by atoms with E-state index in [1.807, 2.05) is 0 Å². The molecular weight excluding hydrogens is 380 g/mol. The number of hydrogen-bond donors (Lipinski definition) is 0. The van der Waals surface area contributed by atoms with Gasteiger partial charge in [0.2, 0.25) is 0 Å². The van der Waals surface area contributed by atoms with Gasteiger partial charge in [-0.05, 0) is 37.4 Å². The molecule has 0 fully saturated rings. The van der Waals surface area contributed by atoms with Crippen molar-refractivity contribution in [2.45, 2.75) is 43.0 Å². The summed E-state index contributed by atoms with van der Waals surface area (Å²) in [6.07, 6.45) is 2.79. The molecule has 0 atom stereocenters. The van der Waals surface area contributed by atoms with E-state index in [9.17, 15) is 0 Å². The van der Waals surface area contributed by atoms with Gasteiger partial charge in [0.05, 0.1) is 5.60 Å². The van der Waals surface area contributed by atoms with Crippen LogP contribution in [0.1, 0.15) is 19.3 Å². The lowest BCUT2D eigenvalue weighted by atomic mass is 9.94. The molecule has 7 nitrogen and oxygen atoms in total. The highest BCUT2D eigenvalue weighted by atomic mass is 28.3. The minimum Gasteiger partial charge on any atom is -0.422 e. The summed E-state index contributed by atoms with van der Waals surface area (Å²) in [6, 6.07) is 2.77. The van der Waals surface area contributed by atoms with Crippen molar-refractivity contribution in [2.75, 3.05) is 42.7 Å². The lowest BCUT2D eigenvalue weighted by Gasteiger charge is -2.35. The van der Waals surface area contributed by atoms with Crippen molar-refractivity contribution in [1.29, 1.82) is 0 Å². The summed E-state index contributed by atoms with van der Waals surface area (Å²) < 4.78 is 38.9. The fourth-order valence-corrected chi connectivity index (χ4v) is 7.71. The van der Waals surface area contributed by atoms with Gasteiger partial charge in [-0.15, -0.1) is 0 Å². The molecule has 0 heterocycles. The second kappa shape index (κ2) is 14.7. The number of rotatable bonds is 16. The first-order valence-corrected chi connectivity index (χ1v) is 14.4. The van der Waals surface area contributed by atoms with Crippen LogP contribution in [-0.4, -0.2) is 86.6 Å². The SMILES string of the molecule is CO[SiH](CCC(CC[SiH](OC)OC)(CC[SiH](OC)OC)O[SiH3])OC. The highest BCUT2D eigenvalue weighted by Gasteiger charge is 2.33. The zero-order chi connectivity index (χ0) is 18.4. The van der Waals surface area contributed by atoms with Gasteiger partial charge in [0, 0.05) is 42.7 Å². The van der Waals surface area contributed by atoms with Crippen LogP contribution in [0.15, 0.2) is 0 Å². The fourth-order valence-electron chi connectivity index (χ4n) is 2.82. The van der Waals surface area contributed by atoms with Crippen molar-refractivity contribution >= 4 is 38.3 Å². The van der Waals surface area contributed by atoms with Gasteiger partial charge >= 0.3 is 27.9 Å². The van der Waals surface area contributed by atoms with E-state index in [1.165, 1.54) is 0 Å². The summed E-state index contributed by atoms with van der Waals surface area (Å²) in [5.74, 6) is 0. The highest BCUT2D eigenvalue weighted by Crippen LogP contribution is 2.32. The Morgan fingerprint density at radius 2 is 0.833 bits per heavy atom. The Bertz CT molecular complexity index is 249. The van der Waals surface area contributed by atoms with E-state index in [4.69, 9.17) is 31.0 Å². The van der Waals surface area contributed by atoms with Crippen molar-refractivity contribution in [2.24, 2.45) is 0 Å². The molecule has 0 aromatic rings. The molecule has 11 heteroatoms. The Labute approximate surface area is 155 Å². The predicted octanol–water partition coefficient (Wildman–Crippen LogP) is -0.268. The average Bonchev–Trinajstić information content (AvgIpc) is 2.63. The zero-order valence-electron chi connectivity index (χ0n) is 16.3. The van der Waals surface area contributed by atoms with Crippen LogP contribution >= 0.6 is 0 Å². The standard InChI is InChI=1S/C13H36O7Si4/c1-14-22(15-2)10-7-13(20-21,8-11-23(16-3)17-4)9-12-24(18-5)19-6/h22-24H,7-12H2,1-6,21H3. The maximum absolute atomic E-state index is 6.13. The molecule has 0 N–H and O–H groups in total. The zero-order valence-corrected chi connectivity index (χ0v) is 21.8. The minimum absolute atomic E-state index is 0.181. The van der Waals surface area contributed by atoms with Crippen molar-refractivity contribution < 1.29 is 31.0 Å². The molecule has 0 unspecified atom stereocenters. The quantitative estimate of drug-likeness (QED) is 0.321. The summed E-state index contributed by atoms with van der Waals surface area (Å²) >= 11 is 0. The molecule has 0 aromatic carbocycles. The first-order chi connectivity index (χ1) is 11.5. The molecule has 24 heavy (non-hydrogen) atoms. The van der Waals surface area contributed by atoms with Gasteiger partial charge in [0.15, 0.2) is 0 Å². The van der Waals surface area contributed by atoms with Crippen LogP contribution in [0.2, 0.25) is 18.1 Å². The van der Waals surface area contributed by atoms with E-state index in [0.29, 0.717) is 10.5 Å². The first kappa shape index (κ1) is 24.6. The van der Waals surface area contributed by atoms with Crippen molar-refractivity contribution in [1.82, 2.24) is 0 Å². The van der Waals surface area contributed by atoms with E-state index < -0.39 is 27.9 Å².